The van der Waals surface area contributed by atoms with Gasteiger partial charge in [0.05, 0.1) is 19.6 Å². The Morgan fingerprint density at radius 1 is 1.38 bits per heavy atom. The monoisotopic (exact) mass is 290 g/mol. The van der Waals surface area contributed by atoms with Gasteiger partial charge in [0.25, 0.3) is 0 Å². The zero-order valence-corrected chi connectivity index (χ0v) is 12.6. The minimum absolute atomic E-state index is 0.0307. The van der Waals surface area contributed by atoms with E-state index >= 15 is 0 Å². The topological polar surface area (TPSA) is 58.6 Å². The van der Waals surface area contributed by atoms with Crippen molar-refractivity contribution in [2.24, 2.45) is 0 Å². The van der Waals surface area contributed by atoms with Gasteiger partial charge in [-0.15, -0.1) is 0 Å². The molecule has 1 fully saturated rings. The molecule has 0 spiro atoms. The molecule has 5 nitrogen and oxygen atoms in total. The van der Waals surface area contributed by atoms with Gasteiger partial charge < -0.3 is 15.0 Å². The molecule has 1 N–H and O–H groups in total. The van der Waals surface area contributed by atoms with Crippen LogP contribution in [0.4, 0.5) is 0 Å². The number of rotatable bonds is 4. The van der Waals surface area contributed by atoms with Gasteiger partial charge in [0, 0.05) is 13.1 Å². The lowest BCUT2D eigenvalue weighted by Gasteiger charge is -2.19. The second kappa shape index (κ2) is 7.11. The van der Waals surface area contributed by atoms with Gasteiger partial charge in [0.1, 0.15) is 5.75 Å². The standard InChI is InChI=1S/C16H22N2O3/c1-12-4-5-14(13(2)10-12)21-9-6-16(20)18-8-3-7-17-15(19)11-18/h4-5,10H,3,6-9,11H2,1-2H3,(H,17,19). The largest absolute Gasteiger partial charge is 0.493 e. The van der Waals surface area contributed by atoms with Crippen LogP contribution in [-0.2, 0) is 9.59 Å². The van der Waals surface area contributed by atoms with Gasteiger partial charge in [-0.05, 0) is 31.9 Å². The third-order valence-electron chi connectivity index (χ3n) is 3.52. The smallest absolute Gasteiger partial charge is 0.239 e. The first-order valence-corrected chi connectivity index (χ1v) is 7.31. The molecular weight excluding hydrogens is 268 g/mol. The van der Waals surface area contributed by atoms with Gasteiger partial charge >= 0.3 is 0 Å². The molecule has 114 valence electrons. The number of carbonyl (C=O) groups is 2. The number of amides is 2. The van der Waals surface area contributed by atoms with Crippen LogP contribution in [0.25, 0.3) is 0 Å². The maximum absolute atomic E-state index is 12.1. The van der Waals surface area contributed by atoms with Crippen LogP contribution >= 0.6 is 0 Å². The molecule has 1 heterocycles. The van der Waals surface area contributed by atoms with E-state index < -0.39 is 0 Å². The average molecular weight is 290 g/mol. The highest BCUT2D eigenvalue weighted by Crippen LogP contribution is 2.18. The molecule has 2 amide bonds. The summed E-state index contributed by atoms with van der Waals surface area (Å²) in [7, 11) is 0. The first kappa shape index (κ1) is 15.4. The van der Waals surface area contributed by atoms with E-state index in [0.29, 0.717) is 26.1 Å². The van der Waals surface area contributed by atoms with Crippen molar-refractivity contribution in [2.75, 3.05) is 26.2 Å². The van der Waals surface area contributed by atoms with Gasteiger partial charge in [0.15, 0.2) is 0 Å². The quantitative estimate of drug-likeness (QED) is 0.912. The zero-order valence-electron chi connectivity index (χ0n) is 12.6. The van der Waals surface area contributed by atoms with E-state index in [0.717, 1.165) is 17.7 Å². The van der Waals surface area contributed by atoms with Crippen molar-refractivity contribution >= 4 is 11.8 Å². The fourth-order valence-corrected chi connectivity index (χ4v) is 2.39. The predicted octanol–water partition coefficient (Wildman–Crippen LogP) is 1.42. The van der Waals surface area contributed by atoms with Gasteiger partial charge in [-0.1, -0.05) is 17.7 Å². The van der Waals surface area contributed by atoms with Crippen LogP contribution < -0.4 is 10.1 Å². The number of hydrogen-bond acceptors (Lipinski definition) is 3. The number of nitrogens with one attached hydrogen (secondary N) is 1. The molecule has 0 radical (unpaired) electrons. The molecule has 0 bridgehead atoms. The molecule has 1 aliphatic heterocycles. The van der Waals surface area contributed by atoms with E-state index in [1.165, 1.54) is 5.56 Å². The Labute approximate surface area is 125 Å². The van der Waals surface area contributed by atoms with E-state index in [1.54, 1.807) is 4.90 Å². The number of nitrogens with zero attached hydrogens (tertiary/aromatic N) is 1. The summed E-state index contributed by atoms with van der Waals surface area (Å²) in [5.74, 6) is 0.690. The molecule has 1 saturated heterocycles. The number of carbonyl (C=O) groups excluding carboxylic acids is 2. The van der Waals surface area contributed by atoms with Crippen molar-refractivity contribution < 1.29 is 14.3 Å². The predicted molar refractivity (Wildman–Crippen MR) is 80.2 cm³/mol. The Morgan fingerprint density at radius 3 is 2.95 bits per heavy atom. The summed E-state index contributed by atoms with van der Waals surface area (Å²) in [4.78, 5) is 25.1. The lowest BCUT2D eigenvalue weighted by Crippen LogP contribution is -2.37. The summed E-state index contributed by atoms with van der Waals surface area (Å²) in [5, 5.41) is 2.76. The van der Waals surface area contributed by atoms with E-state index in [4.69, 9.17) is 4.74 Å². The van der Waals surface area contributed by atoms with Crippen LogP contribution in [0.15, 0.2) is 18.2 Å². The lowest BCUT2D eigenvalue weighted by atomic mass is 10.1. The molecule has 0 saturated carbocycles. The Hall–Kier alpha value is -2.04. The van der Waals surface area contributed by atoms with E-state index in [1.807, 2.05) is 26.0 Å². The molecule has 21 heavy (non-hydrogen) atoms. The summed E-state index contributed by atoms with van der Waals surface area (Å²) in [5.41, 5.74) is 2.25. The fraction of sp³-hybridized carbons (Fsp3) is 0.500. The average Bonchev–Trinajstić information content (AvgIpc) is 2.66. The summed E-state index contributed by atoms with van der Waals surface area (Å²) < 4.78 is 5.66. The molecule has 0 atom stereocenters. The summed E-state index contributed by atoms with van der Waals surface area (Å²) in [6.07, 6.45) is 1.09. The summed E-state index contributed by atoms with van der Waals surface area (Å²) in [6, 6.07) is 5.97. The maximum atomic E-state index is 12.1. The van der Waals surface area contributed by atoms with E-state index in [-0.39, 0.29) is 18.4 Å². The maximum Gasteiger partial charge on any atom is 0.239 e. The lowest BCUT2D eigenvalue weighted by molar-refractivity contribution is -0.135. The zero-order chi connectivity index (χ0) is 15.2. The van der Waals surface area contributed by atoms with Crippen molar-refractivity contribution in [1.82, 2.24) is 10.2 Å². The van der Waals surface area contributed by atoms with Crippen LogP contribution in [0.5, 0.6) is 5.75 Å². The molecule has 0 unspecified atom stereocenters. The Balaban J connectivity index is 1.82. The number of benzene rings is 1. The third-order valence-corrected chi connectivity index (χ3v) is 3.52. The normalized spacial score (nSPS) is 15.3. The van der Waals surface area contributed by atoms with Crippen LogP contribution in [0.3, 0.4) is 0 Å². The minimum atomic E-state index is -0.0869. The summed E-state index contributed by atoms with van der Waals surface area (Å²) in [6.45, 7) is 5.78. The van der Waals surface area contributed by atoms with E-state index in [9.17, 15) is 9.59 Å². The number of ether oxygens (including phenoxy) is 1. The van der Waals surface area contributed by atoms with Crippen molar-refractivity contribution in [3.63, 3.8) is 0 Å². The number of hydrogen-bond donors (Lipinski definition) is 1. The molecule has 2 rings (SSSR count). The molecular formula is C16H22N2O3. The van der Waals surface area contributed by atoms with Gasteiger partial charge in [-0.3, -0.25) is 9.59 Å². The van der Waals surface area contributed by atoms with Crippen LogP contribution in [0.2, 0.25) is 0 Å². The Bertz CT molecular complexity index is 528. The van der Waals surface area contributed by atoms with Crippen molar-refractivity contribution in [1.29, 1.82) is 0 Å². The second-order valence-corrected chi connectivity index (χ2v) is 5.39. The highest BCUT2D eigenvalue weighted by atomic mass is 16.5. The van der Waals surface area contributed by atoms with Crippen LogP contribution in [0, 0.1) is 13.8 Å². The van der Waals surface area contributed by atoms with Crippen LogP contribution in [0.1, 0.15) is 24.0 Å². The second-order valence-electron chi connectivity index (χ2n) is 5.39. The molecule has 0 aromatic heterocycles. The van der Waals surface area contributed by atoms with Crippen LogP contribution in [-0.4, -0.2) is 43.0 Å². The fourth-order valence-electron chi connectivity index (χ4n) is 2.39. The first-order valence-electron chi connectivity index (χ1n) is 7.31. The van der Waals surface area contributed by atoms with E-state index in [2.05, 4.69) is 11.4 Å². The highest BCUT2D eigenvalue weighted by molar-refractivity contribution is 5.85. The van der Waals surface area contributed by atoms with Gasteiger partial charge in [0.2, 0.25) is 11.8 Å². The SMILES string of the molecule is Cc1ccc(OCCC(=O)N2CCCNC(=O)C2)c(C)c1. The Kier molecular flexibility index (Phi) is 5.20. The Morgan fingerprint density at radius 2 is 2.19 bits per heavy atom. The van der Waals surface area contributed by atoms with Gasteiger partial charge in [-0.25, -0.2) is 0 Å². The first-order chi connectivity index (χ1) is 10.1. The molecule has 5 heteroatoms. The highest BCUT2D eigenvalue weighted by Gasteiger charge is 2.19. The molecule has 1 aromatic rings. The van der Waals surface area contributed by atoms with Crippen molar-refractivity contribution in [3.8, 4) is 5.75 Å². The van der Waals surface area contributed by atoms with Crippen molar-refractivity contribution in [3.05, 3.63) is 29.3 Å². The summed E-state index contributed by atoms with van der Waals surface area (Å²) >= 11 is 0. The van der Waals surface area contributed by atoms with Crippen molar-refractivity contribution in [2.45, 2.75) is 26.7 Å². The molecule has 1 aliphatic rings. The molecule has 1 aromatic carbocycles. The number of aryl methyl sites for hydroxylation is 2. The third kappa shape index (κ3) is 4.48. The molecule has 0 aliphatic carbocycles. The minimum Gasteiger partial charge on any atom is -0.493 e. The van der Waals surface area contributed by atoms with Gasteiger partial charge in [-0.2, -0.15) is 0 Å².